The third-order valence-electron chi connectivity index (χ3n) is 3.43. The molecule has 0 unspecified atom stereocenters. The normalized spacial score (nSPS) is 10.3. The molecule has 1 heterocycles. The van der Waals surface area contributed by atoms with E-state index in [0.717, 1.165) is 17.0 Å². The van der Waals surface area contributed by atoms with Crippen molar-refractivity contribution in [2.45, 2.75) is 32.9 Å². The number of thioether (sulfide) groups is 1. The number of nitrogens with one attached hydrogen (secondary N) is 2. The number of hydrogen-bond acceptors (Lipinski definition) is 5. The highest BCUT2D eigenvalue weighted by molar-refractivity contribution is 7.99. The Morgan fingerprint density at radius 3 is 1.96 bits per heavy atom. The first-order chi connectivity index (χ1) is 11.3. The van der Waals surface area contributed by atoms with E-state index < -0.39 is 0 Å². The zero-order chi connectivity index (χ0) is 17.7. The van der Waals surface area contributed by atoms with Gasteiger partial charge >= 0.3 is 0 Å². The number of benzene rings is 1. The lowest BCUT2D eigenvalue weighted by Crippen LogP contribution is -2.14. The molecule has 0 radical (unpaired) electrons. The van der Waals surface area contributed by atoms with Gasteiger partial charge < -0.3 is 10.6 Å². The number of rotatable bonds is 5. The topological polar surface area (TPSA) is 84.0 Å². The third kappa shape index (κ3) is 5.06. The van der Waals surface area contributed by atoms with Crippen LogP contribution >= 0.6 is 11.8 Å². The average Bonchev–Trinajstić information content (AvgIpc) is 2.52. The van der Waals surface area contributed by atoms with Gasteiger partial charge in [-0.25, -0.2) is 9.97 Å². The van der Waals surface area contributed by atoms with Gasteiger partial charge in [-0.2, -0.15) is 0 Å². The van der Waals surface area contributed by atoms with Crippen LogP contribution in [-0.4, -0.2) is 27.5 Å². The Morgan fingerprint density at radius 1 is 0.958 bits per heavy atom. The van der Waals surface area contributed by atoms with Crippen molar-refractivity contribution in [2.24, 2.45) is 0 Å². The molecule has 2 N–H and O–H groups in total. The highest BCUT2D eigenvalue weighted by Gasteiger charge is 2.08. The molecule has 0 saturated carbocycles. The van der Waals surface area contributed by atoms with E-state index in [9.17, 15) is 9.59 Å². The van der Waals surface area contributed by atoms with Crippen LogP contribution in [0.4, 0.5) is 11.4 Å². The second-order valence-electron chi connectivity index (χ2n) is 5.40. The minimum absolute atomic E-state index is 0.133. The highest BCUT2D eigenvalue weighted by Crippen LogP contribution is 2.18. The van der Waals surface area contributed by atoms with Crippen LogP contribution in [0, 0.1) is 20.8 Å². The van der Waals surface area contributed by atoms with Gasteiger partial charge in [-0.1, -0.05) is 11.8 Å². The van der Waals surface area contributed by atoms with Gasteiger partial charge in [0.1, 0.15) is 0 Å². The Kier molecular flexibility index (Phi) is 5.92. The Labute approximate surface area is 145 Å². The van der Waals surface area contributed by atoms with Gasteiger partial charge in [-0.05, 0) is 50.6 Å². The summed E-state index contributed by atoms with van der Waals surface area (Å²) in [6.07, 6.45) is 0. The Morgan fingerprint density at radius 2 is 1.46 bits per heavy atom. The van der Waals surface area contributed by atoms with E-state index in [1.807, 2.05) is 20.8 Å². The van der Waals surface area contributed by atoms with Gasteiger partial charge in [0.2, 0.25) is 11.8 Å². The molecular formula is C17H20N4O2S. The first kappa shape index (κ1) is 17.9. The molecule has 24 heavy (non-hydrogen) atoms. The van der Waals surface area contributed by atoms with Crippen LogP contribution in [0.2, 0.25) is 0 Å². The standard InChI is InChI=1S/C17H20N4O2S/c1-10-11(2)18-17(19-12(10)3)24-9-16(23)21-15-7-5-14(6-8-15)20-13(4)22/h5-8H,9H2,1-4H3,(H,20,22)(H,21,23). The van der Waals surface area contributed by atoms with Crippen molar-refractivity contribution in [3.8, 4) is 0 Å². The van der Waals surface area contributed by atoms with Gasteiger partial charge in [0.05, 0.1) is 5.75 Å². The summed E-state index contributed by atoms with van der Waals surface area (Å²) in [7, 11) is 0. The number of nitrogens with zero attached hydrogens (tertiary/aromatic N) is 2. The fourth-order valence-corrected chi connectivity index (χ4v) is 2.71. The second kappa shape index (κ2) is 7.92. The number of carbonyl (C=O) groups is 2. The molecule has 2 amide bonds. The molecule has 0 fully saturated rings. The molecule has 0 aliphatic carbocycles. The summed E-state index contributed by atoms with van der Waals surface area (Å²) in [5.74, 6) is -0.0336. The zero-order valence-electron chi connectivity index (χ0n) is 14.1. The number of aryl methyl sites for hydroxylation is 2. The molecule has 2 aromatic rings. The number of amides is 2. The van der Waals surface area contributed by atoms with E-state index in [2.05, 4.69) is 20.6 Å². The minimum atomic E-state index is -0.133. The van der Waals surface area contributed by atoms with Crippen molar-refractivity contribution >= 4 is 35.0 Å². The third-order valence-corrected chi connectivity index (χ3v) is 4.28. The Bertz CT molecular complexity index is 737. The highest BCUT2D eigenvalue weighted by atomic mass is 32.2. The molecule has 0 spiro atoms. The zero-order valence-corrected chi connectivity index (χ0v) is 15.0. The first-order valence-corrected chi connectivity index (χ1v) is 8.46. The van der Waals surface area contributed by atoms with Crippen LogP contribution < -0.4 is 10.6 Å². The van der Waals surface area contributed by atoms with Crippen molar-refractivity contribution in [3.05, 3.63) is 41.2 Å². The van der Waals surface area contributed by atoms with Crippen LogP contribution in [0.1, 0.15) is 23.9 Å². The van der Waals surface area contributed by atoms with E-state index in [-0.39, 0.29) is 17.6 Å². The molecule has 1 aromatic carbocycles. The maximum Gasteiger partial charge on any atom is 0.234 e. The Balaban J connectivity index is 1.90. The second-order valence-corrected chi connectivity index (χ2v) is 6.34. The average molecular weight is 344 g/mol. The molecule has 0 aliphatic rings. The molecular weight excluding hydrogens is 324 g/mol. The van der Waals surface area contributed by atoms with E-state index in [1.165, 1.54) is 18.7 Å². The molecule has 0 aliphatic heterocycles. The monoisotopic (exact) mass is 344 g/mol. The van der Waals surface area contributed by atoms with Crippen molar-refractivity contribution in [1.82, 2.24) is 9.97 Å². The van der Waals surface area contributed by atoms with Gasteiger partial charge in [0.25, 0.3) is 0 Å². The fraction of sp³-hybridized carbons (Fsp3) is 0.294. The van der Waals surface area contributed by atoms with E-state index in [1.54, 1.807) is 24.3 Å². The summed E-state index contributed by atoms with van der Waals surface area (Å²) in [5, 5.41) is 6.08. The first-order valence-electron chi connectivity index (χ1n) is 7.47. The summed E-state index contributed by atoms with van der Waals surface area (Å²) < 4.78 is 0. The summed E-state index contributed by atoms with van der Waals surface area (Å²) in [6, 6.07) is 6.95. The van der Waals surface area contributed by atoms with Gasteiger partial charge in [-0.15, -0.1) is 0 Å². The van der Waals surface area contributed by atoms with Gasteiger partial charge in [0.15, 0.2) is 5.16 Å². The smallest absolute Gasteiger partial charge is 0.234 e. The van der Waals surface area contributed by atoms with E-state index >= 15 is 0 Å². The molecule has 0 bridgehead atoms. The summed E-state index contributed by atoms with van der Waals surface area (Å²) >= 11 is 1.31. The molecule has 6 nitrogen and oxygen atoms in total. The molecule has 2 rings (SSSR count). The van der Waals surface area contributed by atoms with Crippen LogP contribution in [0.5, 0.6) is 0 Å². The van der Waals surface area contributed by atoms with Crippen molar-refractivity contribution < 1.29 is 9.59 Å². The van der Waals surface area contributed by atoms with Crippen molar-refractivity contribution in [2.75, 3.05) is 16.4 Å². The summed E-state index contributed by atoms with van der Waals surface area (Å²) in [5.41, 5.74) is 4.29. The lowest BCUT2D eigenvalue weighted by Gasteiger charge is -2.08. The van der Waals surface area contributed by atoms with Gasteiger partial charge in [0, 0.05) is 29.7 Å². The van der Waals surface area contributed by atoms with Crippen LogP contribution in [0.3, 0.4) is 0 Å². The number of hydrogen-bond donors (Lipinski definition) is 2. The molecule has 1 aromatic heterocycles. The van der Waals surface area contributed by atoms with Crippen LogP contribution in [-0.2, 0) is 9.59 Å². The van der Waals surface area contributed by atoms with Crippen molar-refractivity contribution in [3.63, 3.8) is 0 Å². The van der Waals surface area contributed by atoms with E-state index in [0.29, 0.717) is 16.5 Å². The number of carbonyl (C=O) groups excluding carboxylic acids is 2. The molecule has 126 valence electrons. The Hall–Kier alpha value is -2.41. The predicted octanol–water partition coefficient (Wildman–Crippen LogP) is 3.09. The quantitative estimate of drug-likeness (QED) is 0.643. The maximum absolute atomic E-state index is 12.0. The number of aromatic nitrogens is 2. The molecule has 7 heteroatoms. The molecule has 0 atom stereocenters. The number of anilines is 2. The lowest BCUT2D eigenvalue weighted by atomic mass is 10.2. The minimum Gasteiger partial charge on any atom is -0.326 e. The predicted molar refractivity (Wildman–Crippen MR) is 96.3 cm³/mol. The summed E-state index contributed by atoms with van der Waals surface area (Å²) in [4.78, 5) is 31.8. The maximum atomic E-state index is 12.0. The van der Waals surface area contributed by atoms with Gasteiger partial charge in [-0.3, -0.25) is 9.59 Å². The fourth-order valence-electron chi connectivity index (χ4n) is 1.97. The van der Waals surface area contributed by atoms with Crippen LogP contribution in [0.15, 0.2) is 29.4 Å². The largest absolute Gasteiger partial charge is 0.326 e. The van der Waals surface area contributed by atoms with E-state index in [4.69, 9.17) is 0 Å². The van der Waals surface area contributed by atoms with Crippen LogP contribution in [0.25, 0.3) is 0 Å². The summed E-state index contributed by atoms with van der Waals surface area (Å²) in [6.45, 7) is 7.30. The lowest BCUT2D eigenvalue weighted by molar-refractivity contribution is -0.114. The SMILES string of the molecule is CC(=O)Nc1ccc(NC(=O)CSc2nc(C)c(C)c(C)n2)cc1. The molecule has 0 saturated heterocycles. The van der Waals surface area contributed by atoms with Crippen molar-refractivity contribution in [1.29, 1.82) is 0 Å².